The van der Waals surface area contributed by atoms with Crippen LogP contribution in [-0.4, -0.2) is 14.5 Å². The first-order chi connectivity index (χ1) is 22.2. The van der Waals surface area contributed by atoms with Crippen molar-refractivity contribution in [3.63, 3.8) is 0 Å². The molecule has 0 spiro atoms. The molecule has 0 N–H and O–H groups in total. The van der Waals surface area contributed by atoms with Gasteiger partial charge in [-0.25, -0.2) is 9.97 Å². The van der Waals surface area contributed by atoms with Crippen molar-refractivity contribution < 1.29 is 0 Å². The van der Waals surface area contributed by atoms with E-state index >= 15 is 0 Å². The summed E-state index contributed by atoms with van der Waals surface area (Å²) in [5, 5.41) is 3.69. The summed E-state index contributed by atoms with van der Waals surface area (Å²) in [5.74, 6) is 0.747. The quantitative estimate of drug-likeness (QED) is 0.203. The molecule has 0 saturated heterocycles. The van der Waals surface area contributed by atoms with Gasteiger partial charge in [0.2, 0.25) is 0 Å². The molecule has 4 heteroatoms. The van der Waals surface area contributed by atoms with Crippen LogP contribution in [0.3, 0.4) is 0 Å². The molecule has 6 aromatic carbocycles. The van der Waals surface area contributed by atoms with Crippen molar-refractivity contribution in [1.82, 2.24) is 14.5 Å². The van der Waals surface area contributed by atoms with E-state index in [-0.39, 0.29) is 0 Å². The van der Waals surface area contributed by atoms with Gasteiger partial charge in [0.15, 0.2) is 5.82 Å². The number of rotatable bonds is 4. The second-order valence-electron chi connectivity index (χ2n) is 11.5. The highest BCUT2D eigenvalue weighted by Crippen LogP contribution is 2.41. The molecule has 3 nitrogen and oxygen atoms in total. The van der Waals surface area contributed by atoms with Crippen LogP contribution in [0, 0.1) is 6.92 Å². The molecule has 0 bridgehead atoms. The Morgan fingerprint density at radius 1 is 0.511 bits per heavy atom. The van der Waals surface area contributed by atoms with Crippen LogP contribution in [0.2, 0.25) is 0 Å². The number of hydrogen-bond donors (Lipinski definition) is 0. The third-order valence-electron chi connectivity index (χ3n) is 8.69. The predicted octanol–water partition coefficient (Wildman–Crippen LogP) is 11.3. The first-order valence-corrected chi connectivity index (χ1v) is 16.0. The highest BCUT2D eigenvalue weighted by atomic mass is 32.1. The highest BCUT2D eigenvalue weighted by Gasteiger charge is 2.18. The summed E-state index contributed by atoms with van der Waals surface area (Å²) in [5.41, 5.74) is 11.3. The van der Waals surface area contributed by atoms with Gasteiger partial charge in [-0.2, -0.15) is 0 Å². The molecule has 212 valence electrons. The molecular formula is C41H27N3S. The van der Waals surface area contributed by atoms with Gasteiger partial charge >= 0.3 is 0 Å². The van der Waals surface area contributed by atoms with Crippen LogP contribution in [0.15, 0.2) is 146 Å². The number of para-hydroxylation sites is 2. The number of nitrogens with zero attached hydrogens (tertiary/aromatic N) is 3. The Labute approximate surface area is 264 Å². The minimum absolute atomic E-state index is 0.747. The summed E-state index contributed by atoms with van der Waals surface area (Å²) in [7, 11) is 0. The largest absolute Gasteiger partial charge is 0.309 e. The van der Waals surface area contributed by atoms with E-state index in [0.29, 0.717) is 0 Å². The molecule has 0 aliphatic carbocycles. The van der Waals surface area contributed by atoms with Gasteiger partial charge < -0.3 is 4.57 Å². The lowest BCUT2D eigenvalue weighted by atomic mass is 10.0. The van der Waals surface area contributed by atoms with Gasteiger partial charge in [0.1, 0.15) is 0 Å². The standard InChI is InChI=1S/C41H27N3S/c1-26-18-20-27(21-19-26)38-40-39(43-41(42-38)28-10-3-2-4-11-28)34-25-30(22-23-37(34)45-40)29-12-9-13-31(24-29)44-35-16-7-5-14-32(35)33-15-6-8-17-36(33)44/h2-25H,1H3. The first kappa shape index (κ1) is 25.9. The zero-order valence-corrected chi connectivity index (χ0v) is 25.4. The van der Waals surface area contributed by atoms with Crippen molar-refractivity contribution in [2.24, 2.45) is 0 Å². The molecule has 9 aromatic rings. The van der Waals surface area contributed by atoms with Crippen molar-refractivity contribution in [3.8, 4) is 39.5 Å². The fraction of sp³-hybridized carbons (Fsp3) is 0.0244. The zero-order valence-electron chi connectivity index (χ0n) is 24.6. The van der Waals surface area contributed by atoms with E-state index in [9.17, 15) is 0 Å². The maximum absolute atomic E-state index is 5.19. The summed E-state index contributed by atoms with van der Waals surface area (Å²) >= 11 is 1.77. The van der Waals surface area contributed by atoms with Gasteiger partial charge in [0.05, 0.1) is 26.9 Å². The van der Waals surface area contributed by atoms with Crippen LogP contribution in [0.25, 0.3) is 81.6 Å². The lowest BCUT2D eigenvalue weighted by molar-refractivity contribution is 1.18. The number of benzene rings is 6. The second-order valence-corrected chi connectivity index (χ2v) is 12.6. The molecule has 3 heterocycles. The number of fused-ring (bicyclic) bond motifs is 6. The van der Waals surface area contributed by atoms with E-state index in [1.807, 2.05) is 18.2 Å². The van der Waals surface area contributed by atoms with Crippen LogP contribution in [-0.2, 0) is 0 Å². The van der Waals surface area contributed by atoms with E-state index in [4.69, 9.17) is 9.97 Å². The number of aromatic nitrogens is 3. The Morgan fingerprint density at radius 2 is 1.16 bits per heavy atom. The van der Waals surface area contributed by atoms with E-state index in [0.717, 1.165) is 43.9 Å². The Bertz CT molecular complexity index is 2490. The summed E-state index contributed by atoms with van der Waals surface area (Å²) < 4.78 is 4.70. The molecule has 0 amide bonds. The highest BCUT2D eigenvalue weighted by molar-refractivity contribution is 7.26. The SMILES string of the molecule is Cc1ccc(-c2nc(-c3ccccc3)nc3c2sc2ccc(-c4cccc(-n5c6ccccc6c6ccccc65)c4)cc23)cc1. The van der Waals surface area contributed by atoms with Gasteiger partial charge in [-0.05, 0) is 54.4 Å². The lowest BCUT2D eigenvalue weighted by Gasteiger charge is -2.10. The minimum Gasteiger partial charge on any atom is -0.309 e. The number of hydrogen-bond acceptors (Lipinski definition) is 3. The van der Waals surface area contributed by atoms with Gasteiger partial charge in [-0.1, -0.05) is 115 Å². The van der Waals surface area contributed by atoms with Crippen LogP contribution in [0.5, 0.6) is 0 Å². The molecule has 45 heavy (non-hydrogen) atoms. The van der Waals surface area contributed by atoms with Crippen molar-refractivity contribution in [2.75, 3.05) is 0 Å². The van der Waals surface area contributed by atoms with E-state index in [1.54, 1.807) is 11.3 Å². The monoisotopic (exact) mass is 593 g/mol. The van der Waals surface area contributed by atoms with Crippen molar-refractivity contribution in [1.29, 1.82) is 0 Å². The first-order valence-electron chi connectivity index (χ1n) is 15.2. The van der Waals surface area contributed by atoms with Crippen LogP contribution < -0.4 is 0 Å². The zero-order chi connectivity index (χ0) is 29.9. The number of thiophene rings is 1. The van der Waals surface area contributed by atoms with Gasteiger partial charge in [-0.15, -0.1) is 11.3 Å². The maximum atomic E-state index is 5.19. The minimum atomic E-state index is 0.747. The van der Waals surface area contributed by atoms with Gasteiger partial charge in [0, 0.05) is 37.7 Å². The van der Waals surface area contributed by atoms with E-state index < -0.39 is 0 Å². The summed E-state index contributed by atoms with van der Waals surface area (Å²) in [6.45, 7) is 2.12. The maximum Gasteiger partial charge on any atom is 0.160 e. The normalized spacial score (nSPS) is 11.7. The Kier molecular flexibility index (Phi) is 5.90. The van der Waals surface area contributed by atoms with E-state index in [2.05, 4.69) is 139 Å². The molecular weight excluding hydrogens is 567 g/mol. The van der Waals surface area contributed by atoms with Crippen molar-refractivity contribution >= 4 is 53.4 Å². The molecule has 3 aromatic heterocycles. The fourth-order valence-corrected chi connectivity index (χ4v) is 7.61. The molecule has 0 saturated carbocycles. The molecule has 9 rings (SSSR count). The Balaban J connectivity index is 1.24. The molecule has 0 aliphatic heterocycles. The lowest BCUT2D eigenvalue weighted by Crippen LogP contribution is -1.94. The second kappa shape index (κ2) is 10.3. The van der Waals surface area contributed by atoms with Gasteiger partial charge in [-0.3, -0.25) is 0 Å². The Morgan fingerprint density at radius 3 is 1.91 bits per heavy atom. The molecule has 0 fully saturated rings. The Hall–Kier alpha value is -5.58. The fourth-order valence-electron chi connectivity index (χ4n) is 6.47. The van der Waals surface area contributed by atoms with Gasteiger partial charge in [0.25, 0.3) is 0 Å². The summed E-state index contributed by atoms with van der Waals surface area (Å²) in [6, 6.07) is 51.9. The average Bonchev–Trinajstić information content (AvgIpc) is 3.64. The van der Waals surface area contributed by atoms with Crippen LogP contribution in [0.1, 0.15) is 5.56 Å². The van der Waals surface area contributed by atoms with Crippen molar-refractivity contribution in [3.05, 3.63) is 151 Å². The van der Waals surface area contributed by atoms with Crippen molar-refractivity contribution in [2.45, 2.75) is 6.92 Å². The topological polar surface area (TPSA) is 30.7 Å². The predicted molar refractivity (Wildman–Crippen MR) is 190 cm³/mol. The van der Waals surface area contributed by atoms with Crippen LogP contribution >= 0.6 is 11.3 Å². The smallest absolute Gasteiger partial charge is 0.160 e. The molecule has 0 aliphatic rings. The molecule has 0 unspecified atom stereocenters. The van der Waals surface area contributed by atoms with E-state index in [1.165, 1.54) is 43.2 Å². The van der Waals surface area contributed by atoms with Crippen LogP contribution in [0.4, 0.5) is 0 Å². The third kappa shape index (κ3) is 4.26. The molecule has 0 radical (unpaired) electrons. The third-order valence-corrected chi connectivity index (χ3v) is 9.85. The molecule has 0 atom stereocenters. The average molecular weight is 594 g/mol. The number of aryl methyl sites for hydroxylation is 1. The summed E-state index contributed by atoms with van der Waals surface area (Å²) in [6.07, 6.45) is 0. The summed E-state index contributed by atoms with van der Waals surface area (Å²) in [4.78, 5) is 10.3.